The highest BCUT2D eigenvalue weighted by Crippen LogP contribution is 2.41. The van der Waals surface area contributed by atoms with Crippen LogP contribution in [0.2, 0.25) is 5.02 Å². The number of rotatable bonds is 3. The van der Waals surface area contributed by atoms with E-state index in [0.29, 0.717) is 12.1 Å². The van der Waals surface area contributed by atoms with Gasteiger partial charge in [-0.15, -0.1) is 0 Å². The van der Waals surface area contributed by atoms with Crippen LogP contribution in [0.25, 0.3) is 0 Å². The fraction of sp³-hybridized carbons (Fsp3) is 0.400. The van der Waals surface area contributed by atoms with Gasteiger partial charge < -0.3 is 15.6 Å². The summed E-state index contributed by atoms with van der Waals surface area (Å²) in [5.74, 6) is -0.951. The second-order valence-electron chi connectivity index (χ2n) is 3.28. The summed E-state index contributed by atoms with van der Waals surface area (Å²) in [6, 6.07) is 0.925. The third-order valence-electron chi connectivity index (χ3n) is 2.24. The zero-order valence-corrected chi connectivity index (χ0v) is 9.31. The number of phenolic OH excluding ortho intramolecular Hbond substituents is 1. The molecule has 5 heteroatoms. The van der Waals surface area contributed by atoms with Gasteiger partial charge in [-0.1, -0.05) is 18.5 Å². The fourth-order valence-corrected chi connectivity index (χ4v) is 1.71. The normalized spacial score (nSPS) is 12.6. The average molecular weight is 234 g/mol. The third kappa shape index (κ3) is 2.16. The maximum atomic E-state index is 13.3. The third-order valence-corrected chi connectivity index (χ3v) is 2.62. The van der Waals surface area contributed by atoms with Crippen molar-refractivity contribution in [2.75, 3.05) is 13.7 Å². The van der Waals surface area contributed by atoms with Gasteiger partial charge in [-0.05, 0) is 12.5 Å². The molecule has 0 aliphatic rings. The van der Waals surface area contributed by atoms with Crippen molar-refractivity contribution < 1.29 is 14.2 Å². The summed E-state index contributed by atoms with van der Waals surface area (Å²) in [6.07, 6.45) is 0. The molecule has 15 heavy (non-hydrogen) atoms. The van der Waals surface area contributed by atoms with E-state index >= 15 is 0 Å². The van der Waals surface area contributed by atoms with Gasteiger partial charge in [0, 0.05) is 11.6 Å². The van der Waals surface area contributed by atoms with Crippen LogP contribution in [-0.2, 0) is 0 Å². The maximum absolute atomic E-state index is 13.3. The molecule has 1 unspecified atom stereocenters. The number of methoxy groups -OCH3 is 1. The van der Waals surface area contributed by atoms with Crippen LogP contribution < -0.4 is 10.5 Å². The Labute approximate surface area is 92.6 Å². The Hall–Kier alpha value is -1.00. The molecule has 0 bridgehead atoms. The number of hydrogen-bond donors (Lipinski definition) is 2. The van der Waals surface area contributed by atoms with E-state index < -0.39 is 5.82 Å². The van der Waals surface area contributed by atoms with Gasteiger partial charge in [0.15, 0.2) is 11.5 Å². The molecule has 0 radical (unpaired) electrons. The minimum atomic E-state index is -0.676. The minimum Gasteiger partial charge on any atom is -0.504 e. The van der Waals surface area contributed by atoms with Gasteiger partial charge in [-0.25, -0.2) is 4.39 Å². The average Bonchev–Trinajstić information content (AvgIpc) is 2.21. The van der Waals surface area contributed by atoms with Crippen LogP contribution in [0.1, 0.15) is 18.4 Å². The van der Waals surface area contributed by atoms with Gasteiger partial charge in [0.2, 0.25) is 0 Å². The SMILES string of the molecule is COc1c(O)cc(F)c(Cl)c1C(C)CN. The number of benzene rings is 1. The van der Waals surface area contributed by atoms with Gasteiger partial charge in [-0.2, -0.15) is 0 Å². The molecule has 0 spiro atoms. The first-order chi connectivity index (χ1) is 7.02. The Kier molecular flexibility index (Phi) is 3.77. The number of hydrogen-bond acceptors (Lipinski definition) is 3. The number of halogens is 2. The molecule has 3 nitrogen and oxygen atoms in total. The van der Waals surface area contributed by atoms with Crippen molar-refractivity contribution in [3.63, 3.8) is 0 Å². The molecule has 0 fully saturated rings. The summed E-state index contributed by atoms with van der Waals surface area (Å²) in [5, 5.41) is 9.42. The summed E-state index contributed by atoms with van der Waals surface area (Å²) >= 11 is 5.80. The largest absolute Gasteiger partial charge is 0.504 e. The lowest BCUT2D eigenvalue weighted by atomic mass is 9.99. The van der Waals surface area contributed by atoms with E-state index in [2.05, 4.69) is 0 Å². The molecule has 0 saturated carbocycles. The first kappa shape index (κ1) is 12.1. The van der Waals surface area contributed by atoms with Crippen molar-refractivity contribution in [3.8, 4) is 11.5 Å². The predicted molar refractivity (Wildman–Crippen MR) is 57.1 cm³/mol. The Morgan fingerprint density at radius 3 is 2.73 bits per heavy atom. The van der Waals surface area contributed by atoms with Gasteiger partial charge in [-0.3, -0.25) is 0 Å². The lowest BCUT2D eigenvalue weighted by Crippen LogP contribution is -2.11. The molecular weight excluding hydrogens is 221 g/mol. The Balaban J connectivity index is 3.43. The second kappa shape index (κ2) is 4.68. The topological polar surface area (TPSA) is 55.5 Å². The summed E-state index contributed by atoms with van der Waals surface area (Å²) in [4.78, 5) is 0. The highest BCUT2D eigenvalue weighted by atomic mass is 35.5. The molecule has 0 aliphatic heterocycles. The summed E-state index contributed by atoms with van der Waals surface area (Å²) in [7, 11) is 1.38. The molecular formula is C10H13ClFNO2. The van der Waals surface area contributed by atoms with Crippen LogP contribution in [-0.4, -0.2) is 18.8 Å². The monoisotopic (exact) mass is 233 g/mol. The van der Waals surface area contributed by atoms with Crippen molar-refractivity contribution in [2.24, 2.45) is 5.73 Å². The minimum absolute atomic E-state index is 0.0531. The van der Waals surface area contributed by atoms with Gasteiger partial charge >= 0.3 is 0 Å². The van der Waals surface area contributed by atoms with E-state index in [4.69, 9.17) is 22.1 Å². The predicted octanol–water partition coefficient (Wildman–Crippen LogP) is 2.26. The lowest BCUT2D eigenvalue weighted by molar-refractivity contribution is 0.364. The van der Waals surface area contributed by atoms with Gasteiger partial charge in [0.25, 0.3) is 0 Å². The summed E-state index contributed by atoms with van der Waals surface area (Å²) < 4.78 is 18.2. The molecule has 1 atom stereocenters. The van der Waals surface area contributed by atoms with Crippen molar-refractivity contribution >= 4 is 11.6 Å². The quantitative estimate of drug-likeness (QED) is 0.842. The first-order valence-corrected chi connectivity index (χ1v) is 4.85. The number of aromatic hydroxyl groups is 1. The summed E-state index contributed by atoms with van der Waals surface area (Å²) in [5.41, 5.74) is 5.88. The van der Waals surface area contributed by atoms with E-state index in [0.717, 1.165) is 6.07 Å². The molecule has 1 aromatic carbocycles. The van der Waals surface area contributed by atoms with Crippen molar-refractivity contribution in [3.05, 3.63) is 22.5 Å². The fourth-order valence-electron chi connectivity index (χ4n) is 1.39. The van der Waals surface area contributed by atoms with Crippen LogP contribution in [0.15, 0.2) is 6.07 Å². The van der Waals surface area contributed by atoms with E-state index in [9.17, 15) is 9.50 Å². The van der Waals surface area contributed by atoms with Crippen molar-refractivity contribution in [2.45, 2.75) is 12.8 Å². The zero-order chi connectivity index (χ0) is 11.6. The standard InChI is InChI=1S/C10H13ClFNO2/c1-5(4-13)8-9(11)6(12)3-7(14)10(8)15-2/h3,5,14H,4,13H2,1-2H3. The molecule has 84 valence electrons. The highest BCUT2D eigenvalue weighted by molar-refractivity contribution is 6.31. The van der Waals surface area contributed by atoms with Crippen molar-refractivity contribution in [1.82, 2.24) is 0 Å². The van der Waals surface area contributed by atoms with E-state index in [1.165, 1.54) is 7.11 Å². The first-order valence-electron chi connectivity index (χ1n) is 4.47. The van der Waals surface area contributed by atoms with Crippen LogP contribution in [0, 0.1) is 5.82 Å². The van der Waals surface area contributed by atoms with Crippen LogP contribution >= 0.6 is 11.6 Å². The highest BCUT2D eigenvalue weighted by Gasteiger charge is 2.21. The number of phenols is 1. The van der Waals surface area contributed by atoms with Crippen LogP contribution in [0.4, 0.5) is 4.39 Å². The summed E-state index contributed by atoms with van der Waals surface area (Å²) in [6.45, 7) is 2.07. The molecule has 0 amide bonds. The Morgan fingerprint density at radius 1 is 1.67 bits per heavy atom. The molecule has 1 rings (SSSR count). The smallest absolute Gasteiger partial charge is 0.165 e. The van der Waals surface area contributed by atoms with E-state index in [1.807, 2.05) is 0 Å². The molecule has 0 heterocycles. The van der Waals surface area contributed by atoms with Crippen LogP contribution in [0.3, 0.4) is 0 Å². The Bertz CT molecular complexity index is 371. The molecule has 0 aliphatic carbocycles. The van der Waals surface area contributed by atoms with Crippen molar-refractivity contribution in [1.29, 1.82) is 0 Å². The van der Waals surface area contributed by atoms with Crippen LogP contribution in [0.5, 0.6) is 11.5 Å². The molecule has 1 aromatic rings. The number of ether oxygens (including phenoxy) is 1. The molecule has 3 N–H and O–H groups in total. The lowest BCUT2D eigenvalue weighted by Gasteiger charge is -2.17. The Morgan fingerprint density at radius 2 is 2.27 bits per heavy atom. The maximum Gasteiger partial charge on any atom is 0.165 e. The zero-order valence-electron chi connectivity index (χ0n) is 8.55. The van der Waals surface area contributed by atoms with Gasteiger partial charge in [0.05, 0.1) is 12.1 Å². The van der Waals surface area contributed by atoms with Gasteiger partial charge in [0.1, 0.15) is 5.82 Å². The van der Waals surface area contributed by atoms with E-state index in [-0.39, 0.29) is 22.4 Å². The number of nitrogens with two attached hydrogens (primary N) is 1. The molecule has 0 aromatic heterocycles. The second-order valence-corrected chi connectivity index (χ2v) is 3.65. The molecule has 0 saturated heterocycles. The van der Waals surface area contributed by atoms with E-state index in [1.54, 1.807) is 6.92 Å².